The number of benzene rings is 3. The smallest absolute Gasteiger partial charge is 0.262 e. The first-order valence-corrected chi connectivity index (χ1v) is 11.2. The number of phenolic OH excluding ortho intramolecular Hbond substituents is 3. The quantitative estimate of drug-likeness (QED) is 0.269. The molecular formula is C23H21NO7S. The third-order valence-electron chi connectivity index (χ3n) is 5.19. The minimum absolute atomic E-state index is 0.0409. The van der Waals surface area contributed by atoms with Crippen molar-refractivity contribution in [3.63, 3.8) is 0 Å². The fraction of sp³-hybridized carbons (Fsp3) is 0.174. The Morgan fingerprint density at radius 2 is 1.53 bits per heavy atom. The second-order valence-electron chi connectivity index (χ2n) is 8.46. The standard InChI is InChI=1S/C23H21NO7S/c1-23(2,3)12-7-9-13(10-8-12)32(29,30)24-14-11-17-19(22(28)20(14)26)21(27)18-15(25)5-4-6-16(18)31-17/h4-11,24-26,28H,1-3H3. The molecule has 4 N–H and O–H groups in total. The molecule has 8 nitrogen and oxygen atoms in total. The number of phenols is 3. The zero-order chi connectivity index (χ0) is 23.4. The van der Waals surface area contributed by atoms with E-state index in [4.69, 9.17) is 4.42 Å². The van der Waals surface area contributed by atoms with Gasteiger partial charge in [-0.1, -0.05) is 39.0 Å². The van der Waals surface area contributed by atoms with Crippen LogP contribution in [0.2, 0.25) is 0 Å². The van der Waals surface area contributed by atoms with E-state index < -0.39 is 27.0 Å². The van der Waals surface area contributed by atoms with Gasteiger partial charge in [-0.15, -0.1) is 0 Å². The van der Waals surface area contributed by atoms with E-state index in [0.717, 1.165) is 11.6 Å². The zero-order valence-electron chi connectivity index (χ0n) is 17.5. The Labute approximate surface area is 183 Å². The van der Waals surface area contributed by atoms with Gasteiger partial charge in [0.25, 0.3) is 10.0 Å². The number of aromatic hydroxyl groups is 3. The van der Waals surface area contributed by atoms with Gasteiger partial charge in [-0.25, -0.2) is 8.42 Å². The van der Waals surface area contributed by atoms with E-state index >= 15 is 0 Å². The lowest BCUT2D eigenvalue weighted by Gasteiger charge is -2.19. The Balaban J connectivity index is 1.84. The maximum Gasteiger partial charge on any atom is 0.262 e. The fourth-order valence-corrected chi connectivity index (χ4v) is 4.48. The first-order chi connectivity index (χ1) is 14.9. The van der Waals surface area contributed by atoms with Crippen LogP contribution in [-0.2, 0) is 15.4 Å². The average molecular weight is 455 g/mol. The van der Waals surface area contributed by atoms with Gasteiger partial charge in [0.2, 0.25) is 5.43 Å². The summed E-state index contributed by atoms with van der Waals surface area (Å²) in [5.41, 5.74) is -0.466. The molecule has 0 aliphatic rings. The van der Waals surface area contributed by atoms with Gasteiger partial charge < -0.3 is 19.7 Å². The van der Waals surface area contributed by atoms with Gasteiger partial charge in [0.1, 0.15) is 27.7 Å². The summed E-state index contributed by atoms with van der Waals surface area (Å²) in [4.78, 5) is 12.7. The fourth-order valence-electron chi connectivity index (χ4n) is 3.43. The number of rotatable bonds is 3. The van der Waals surface area contributed by atoms with Crippen molar-refractivity contribution in [1.29, 1.82) is 0 Å². The van der Waals surface area contributed by atoms with Crippen molar-refractivity contribution in [1.82, 2.24) is 0 Å². The summed E-state index contributed by atoms with van der Waals surface area (Å²) in [5, 5.41) is 30.3. The van der Waals surface area contributed by atoms with Gasteiger partial charge in [-0.2, -0.15) is 0 Å². The van der Waals surface area contributed by atoms with Crippen molar-refractivity contribution < 1.29 is 28.2 Å². The lowest BCUT2D eigenvalue weighted by atomic mass is 9.87. The van der Waals surface area contributed by atoms with Crippen molar-refractivity contribution in [3.05, 3.63) is 64.3 Å². The minimum Gasteiger partial charge on any atom is -0.507 e. The molecule has 1 aromatic heterocycles. The van der Waals surface area contributed by atoms with Crippen LogP contribution in [0.15, 0.2) is 62.6 Å². The third-order valence-corrected chi connectivity index (χ3v) is 6.57. The molecule has 166 valence electrons. The molecule has 4 aromatic rings. The molecule has 0 atom stereocenters. The second kappa shape index (κ2) is 7.16. The number of nitrogens with one attached hydrogen (secondary N) is 1. The highest BCUT2D eigenvalue weighted by molar-refractivity contribution is 7.92. The minimum atomic E-state index is -4.12. The van der Waals surface area contributed by atoms with E-state index in [-0.39, 0.29) is 43.7 Å². The first-order valence-electron chi connectivity index (χ1n) is 9.67. The number of hydrogen-bond donors (Lipinski definition) is 4. The molecule has 9 heteroatoms. The van der Waals surface area contributed by atoms with E-state index in [0.29, 0.717) is 0 Å². The lowest BCUT2D eigenvalue weighted by molar-refractivity contribution is 0.409. The summed E-state index contributed by atoms with van der Waals surface area (Å²) in [6, 6.07) is 11.6. The molecule has 0 radical (unpaired) electrons. The van der Waals surface area contributed by atoms with E-state index in [2.05, 4.69) is 4.72 Å². The predicted octanol–water partition coefficient (Wildman–Crippen LogP) is 4.16. The van der Waals surface area contributed by atoms with Gasteiger partial charge in [0.15, 0.2) is 11.5 Å². The molecule has 4 rings (SSSR count). The maximum absolute atomic E-state index is 12.9. The average Bonchev–Trinajstić information content (AvgIpc) is 2.71. The normalized spacial score (nSPS) is 12.3. The van der Waals surface area contributed by atoms with Crippen LogP contribution in [-0.4, -0.2) is 23.7 Å². The third kappa shape index (κ3) is 3.50. The van der Waals surface area contributed by atoms with Gasteiger partial charge >= 0.3 is 0 Å². The van der Waals surface area contributed by atoms with Crippen LogP contribution in [0.3, 0.4) is 0 Å². The highest BCUT2D eigenvalue weighted by atomic mass is 32.2. The molecule has 0 saturated carbocycles. The maximum atomic E-state index is 12.9. The van der Waals surface area contributed by atoms with Gasteiger partial charge in [0.05, 0.1) is 10.6 Å². The second-order valence-corrected chi connectivity index (χ2v) is 10.1. The molecule has 0 fully saturated rings. The largest absolute Gasteiger partial charge is 0.507 e. The summed E-state index contributed by atoms with van der Waals surface area (Å²) < 4.78 is 33.5. The molecule has 0 spiro atoms. The number of anilines is 1. The number of sulfonamides is 1. The number of fused-ring (bicyclic) bond motifs is 2. The van der Waals surface area contributed by atoms with E-state index in [1.807, 2.05) is 20.8 Å². The van der Waals surface area contributed by atoms with Crippen molar-refractivity contribution >= 4 is 37.6 Å². The van der Waals surface area contributed by atoms with Crippen molar-refractivity contribution in [2.75, 3.05) is 4.72 Å². The molecular weight excluding hydrogens is 434 g/mol. The van der Waals surface area contributed by atoms with Crippen LogP contribution in [0.4, 0.5) is 5.69 Å². The Kier molecular flexibility index (Phi) is 4.82. The predicted molar refractivity (Wildman–Crippen MR) is 121 cm³/mol. The molecule has 0 amide bonds. The summed E-state index contributed by atoms with van der Waals surface area (Å²) >= 11 is 0. The first kappa shape index (κ1) is 21.5. The van der Waals surface area contributed by atoms with Gasteiger partial charge in [-0.05, 0) is 35.2 Å². The summed E-state index contributed by atoms with van der Waals surface area (Å²) in [6.07, 6.45) is 0. The van der Waals surface area contributed by atoms with Crippen molar-refractivity contribution in [3.8, 4) is 17.2 Å². The molecule has 1 heterocycles. The van der Waals surface area contributed by atoms with Crippen LogP contribution < -0.4 is 10.2 Å². The molecule has 0 unspecified atom stereocenters. The van der Waals surface area contributed by atoms with Crippen LogP contribution >= 0.6 is 0 Å². The zero-order valence-corrected chi connectivity index (χ0v) is 18.3. The molecule has 0 aliphatic heterocycles. The summed E-state index contributed by atoms with van der Waals surface area (Å²) in [7, 11) is -4.12. The number of hydrogen-bond acceptors (Lipinski definition) is 7. The van der Waals surface area contributed by atoms with E-state index in [1.165, 1.54) is 30.3 Å². The van der Waals surface area contributed by atoms with Crippen molar-refractivity contribution in [2.45, 2.75) is 31.1 Å². The Bertz CT molecular complexity index is 1530. The van der Waals surface area contributed by atoms with E-state index in [9.17, 15) is 28.5 Å². The highest BCUT2D eigenvalue weighted by Gasteiger charge is 2.24. The molecule has 0 bridgehead atoms. The molecule has 3 aromatic carbocycles. The monoisotopic (exact) mass is 455 g/mol. The van der Waals surface area contributed by atoms with Crippen LogP contribution in [0, 0.1) is 0 Å². The lowest BCUT2D eigenvalue weighted by Crippen LogP contribution is -2.15. The summed E-state index contributed by atoms with van der Waals surface area (Å²) in [5.74, 6) is -2.04. The van der Waals surface area contributed by atoms with Gasteiger partial charge in [-0.3, -0.25) is 9.52 Å². The summed E-state index contributed by atoms with van der Waals surface area (Å²) in [6.45, 7) is 6.01. The Morgan fingerprint density at radius 1 is 0.875 bits per heavy atom. The molecule has 32 heavy (non-hydrogen) atoms. The molecule has 0 saturated heterocycles. The van der Waals surface area contributed by atoms with Crippen LogP contribution in [0.1, 0.15) is 26.3 Å². The van der Waals surface area contributed by atoms with Crippen LogP contribution in [0.25, 0.3) is 21.9 Å². The Hall–Kier alpha value is -3.72. The van der Waals surface area contributed by atoms with E-state index in [1.54, 1.807) is 12.1 Å². The highest BCUT2D eigenvalue weighted by Crippen LogP contribution is 2.41. The van der Waals surface area contributed by atoms with Crippen molar-refractivity contribution in [2.24, 2.45) is 0 Å². The molecule has 0 aliphatic carbocycles. The van der Waals surface area contributed by atoms with Gasteiger partial charge in [0, 0.05) is 6.07 Å². The topological polar surface area (TPSA) is 137 Å². The Morgan fingerprint density at radius 3 is 2.16 bits per heavy atom. The SMILES string of the molecule is CC(C)(C)c1ccc(S(=O)(=O)Nc2cc3oc4cccc(O)c4c(=O)c3c(O)c2O)cc1. The van der Waals surface area contributed by atoms with Crippen LogP contribution in [0.5, 0.6) is 17.2 Å².